The standard InChI is InChI=1S/C26H30N8O2/c1-17(2)34-16-28-32-25(34)20-9-6-10-23(31-20)30-19-8-5-7-18-24(19)22(35)15-21(29-18)26(36)27-11-14-33-12-3-4-13-33/h5-10,15-17H,3-4,11-14H2,1-2H3,(H,27,36)(H,29,35)(H,30,31). The molecule has 10 heteroatoms. The molecule has 3 N–H and O–H groups in total. The first-order valence-electron chi connectivity index (χ1n) is 12.3. The molecule has 1 fully saturated rings. The first-order valence-corrected chi connectivity index (χ1v) is 12.3. The molecule has 36 heavy (non-hydrogen) atoms. The van der Waals surface area contributed by atoms with Gasteiger partial charge in [-0.1, -0.05) is 12.1 Å². The number of anilines is 2. The Balaban J connectivity index is 1.37. The normalized spacial score (nSPS) is 14.0. The Morgan fingerprint density at radius 1 is 1.14 bits per heavy atom. The Labute approximate surface area is 208 Å². The van der Waals surface area contributed by atoms with Crippen LogP contribution in [0.3, 0.4) is 0 Å². The number of hydrogen-bond donors (Lipinski definition) is 3. The molecule has 1 aliphatic heterocycles. The van der Waals surface area contributed by atoms with Crippen LogP contribution < -0.4 is 16.1 Å². The van der Waals surface area contributed by atoms with Crippen molar-refractivity contribution in [3.63, 3.8) is 0 Å². The minimum Gasteiger partial charge on any atom is -0.350 e. The van der Waals surface area contributed by atoms with Crippen LogP contribution >= 0.6 is 0 Å². The lowest BCUT2D eigenvalue weighted by atomic mass is 10.1. The summed E-state index contributed by atoms with van der Waals surface area (Å²) in [6, 6.07) is 12.6. The van der Waals surface area contributed by atoms with E-state index in [9.17, 15) is 9.59 Å². The lowest BCUT2D eigenvalue weighted by molar-refractivity contribution is 0.0945. The molecule has 1 aliphatic rings. The minimum absolute atomic E-state index is 0.191. The second-order valence-corrected chi connectivity index (χ2v) is 9.27. The number of nitrogens with one attached hydrogen (secondary N) is 3. The maximum atomic E-state index is 13.1. The maximum absolute atomic E-state index is 13.1. The van der Waals surface area contributed by atoms with E-state index in [-0.39, 0.29) is 23.1 Å². The van der Waals surface area contributed by atoms with Gasteiger partial charge in [0.1, 0.15) is 23.5 Å². The number of H-pyrrole nitrogens is 1. The van der Waals surface area contributed by atoms with Gasteiger partial charge in [-0.2, -0.15) is 0 Å². The molecular formula is C26H30N8O2. The first kappa shape index (κ1) is 23.7. The zero-order chi connectivity index (χ0) is 25.1. The Morgan fingerprint density at radius 3 is 2.75 bits per heavy atom. The summed E-state index contributed by atoms with van der Waals surface area (Å²) >= 11 is 0. The highest BCUT2D eigenvalue weighted by Gasteiger charge is 2.15. The van der Waals surface area contributed by atoms with E-state index in [1.807, 2.05) is 34.9 Å². The number of carbonyl (C=O) groups excluding carboxylic acids is 1. The number of aromatic nitrogens is 5. The smallest absolute Gasteiger partial charge is 0.267 e. The summed E-state index contributed by atoms with van der Waals surface area (Å²) in [5, 5.41) is 14.9. The van der Waals surface area contributed by atoms with E-state index in [0.29, 0.717) is 40.5 Å². The summed E-state index contributed by atoms with van der Waals surface area (Å²) in [5.74, 6) is 0.960. The molecule has 1 saturated heterocycles. The fourth-order valence-corrected chi connectivity index (χ4v) is 4.53. The fraction of sp³-hybridized carbons (Fsp3) is 0.346. The van der Waals surface area contributed by atoms with Gasteiger partial charge in [0, 0.05) is 25.2 Å². The van der Waals surface area contributed by atoms with Crippen LogP contribution in [0.15, 0.2) is 53.6 Å². The van der Waals surface area contributed by atoms with Crippen LogP contribution in [0.5, 0.6) is 0 Å². The summed E-state index contributed by atoms with van der Waals surface area (Å²) in [4.78, 5) is 35.9. The average Bonchev–Trinajstić information content (AvgIpc) is 3.57. The monoisotopic (exact) mass is 486 g/mol. The van der Waals surface area contributed by atoms with Gasteiger partial charge in [-0.25, -0.2) is 4.98 Å². The molecule has 0 atom stereocenters. The number of benzene rings is 1. The summed E-state index contributed by atoms with van der Waals surface area (Å²) in [6.45, 7) is 7.63. The number of hydrogen-bond acceptors (Lipinski definition) is 7. The van der Waals surface area contributed by atoms with Gasteiger partial charge in [-0.3, -0.25) is 9.59 Å². The van der Waals surface area contributed by atoms with E-state index in [1.54, 1.807) is 12.4 Å². The predicted molar refractivity (Wildman–Crippen MR) is 139 cm³/mol. The summed E-state index contributed by atoms with van der Waals surface area (Å²) in [5.41, 5.74) is 1.86. The quantitative estimate of drug-likeness (QED) is 0.349. The number of fused-ring (bicyclic) bond motifs is 1. The van der Waals surface area contributed by atoms with E-state index in [0.717, 1.165) is 19.6 Å². The van der Waals surface area contributed by atoms with Crippen LogP contribution in [-0.4, -0.2) is 61.7 Å². The van der Waals surface area contributed by atoms with Gasteiger partial charge < -0.3 is 25.1 Å². The van der Waals surface area contributed by atoms with Gasteiger partial charge in [0.2, 0.25) is 0 Å². The van der Waals surface area contributed by atoms with Crippen molar-refractivity contribution in [2.45, 2.75) is 32.7 Å². The Morgan fingerprint density at radius 2 is 1.94 bits per heavy atom. The molecule has 1 aromatic carbocycles. The Hall–Kier alpha value is -4.05. The van der Waals surface area contributed by atoms with Crippen molar-refractivity contribution in [1.29, 1.82) is 0 Å². The largest absolute Gasteiger partial charge is 0.350 e. The summed E-state index contributed by atoms with van der Waals surface area (Å²) in [7, 11) is 0. The van der Waals surface area contributed by atoms with Crippen LogP contribution in [0.4, 0.5) is 11.5 Å². The second-order valence-electron chi connectivity index (χ2n) is 9.27. The number of aromatic amines is 1. The molecule has 0 unspecified atom stereocenters. The maximum Gasteiger partial charge on any atom is 0.267 e. The Kier molecular flexibility index (Phi) is 6.77. The lowest BCUT2D eigenvalue weighted by Gasteiger charge is -2.15. The van der Waals surface area contributed by atoms with E-state index in [2.05, 4.69) is 49.5 Å². The van der Waals surface area contributed by atoms with Gasteiger partial charge >= 0.3 is 0 Å². The van der Waals surface area contributed by atoms with Gasteiger partial charge in [0.15, 0.2) is 11.3 Å². The molecule has 3 aromatic heterocycles. The predicted octanol–water partition coefficient (Wildman–Crippen LogP) is 3.33. The van der Waals surface area contributed by atoms with Gasteiger partial charge in [-0.15, -0.1) is 10.2 Å². The minimum atomic E-state index is -0.282. The van der Waals surface area contributed by atoms with Crippen molar-refractivity contribution >= 4 is 28.3 Å². The highest BCUT2D eigenvalue weighted by Crippen LogP contribution is 2.25. The van der Waals surface area contributed by atoms with Crippen molar-refractivity contribution < 1.29 is 4.79 Å². The third kappa shape index (κ3) is 4.99. The van der Waals surface area contributed by atoms with Gasteiger partial charge in [0.25, 0.3) is 5.91 Å². The van der Waals surface area contributed by atoms with E-state index < -0.39 is 0 Å². The molecule has 0 radical (unpaired) electrons. The second kappa shape index (κ2) is 10.3. The number of rotatable bonds is 8. The SMILES string of the molecule is CC(C)n1cnnc1-c1cccc(Nc2cccc3[nH]c(C(=O)NCCN4CCCC4)cc(=O)c23)n1. The third-order valence-corrected chi connectivity index (χ3v) is 6.38. The fourth-order valence-electron chi connectivity index (χ4n) is 4.53. The van der Waals surface area contributed by atoms with Gasteiger partial charge in [0.05, 0.1) is 16.6 Å². The van der Waals surface area contributed by atoms with Crippen molar-refractivity contribution in [3.8, 4) is 11.5 Å². The molecule has 4 heterocycles. The average molecular weight is 487 g/mol. The summed E-state index contributed by atoms with van der Waals surface area (Å²) < 4.78 is 1.95. The van der Waals surface area contributed by atoms with Crippen molar-refractivity contribution in [1.82, 2.24) is 34.9 Å². The molecule has 0 aliphatic carbocycles. The van der Waals surface area contributed by atoms with Crippen LogP contribution in [-0.2, 0) is 0 Å². The summed E-state index contributed by atoms with van der Waals surface area (Å²) in [6.07, 6.45) is 4.11. The molecular weight excluding hydrogens is 456 g/mol. The van der Waals surface area contributed by atoms with Crippen LogP contribution in [0, 0.1) is 0 Å². The van der Waals surface area contributed by atoms with Crippen LogP contribution in [0.25, 0.3) is 22.4 Å². The van der Waals surface area contributed by atoms with E-state index >= 15 is 0 Å². The van der Waals surface area contributed by atoms with Crippen LogP contribution in [0.2, 0.25) is 0 Å². The van der Waals surface area contributed by atoms with Gasteiger partial charge in [-0.05, 0) is 64.0 Å². The highest BCUT2D eigenvalue weighted by atomic mass is 16.2. The lowest BCUT2D eigenvalue weighted by Crippen LogP contribution is -2.34. The van der Waals surface area contributed by atoms with E-state index in [1.165, 1.54) is 18.9 Å². The topological polar surface area (TPSA) is 121 Å². The number of amides is 1. The number of pyridine rings is 2. The van der Waals surface area contributed by atoms with Crippen molar-refractivity contribution in [2.24, 2.45) is 0 Å². The first-order chi connectivity index (χ1) is 17.5. The Bertz CT molecular complexity index is 1440. The third-order valence-electron chi connectivity index (χ3n) is 6.38. The molecule has 0 bridgehead atoms. The molecule has 186 valence electrons. The molecule has 1 amide bonds. The van der Waals surface area contributed by atoms with Crippen molar-refractivity contribution in [3.05, 3.63) is 64.7 Å². The molecule has 5 rings (SSSR count). The number of likely N-dealkylation sites (tertiary alicyclic amines) is 1. The zero-order valence-corrected chi connectivity index (χ0v) is 20.5. The van der Waals surface area contributed by atoms with Crippen LogP contribution in [0.1, 0.15) is 43.2 Å². The molecule has 0 spiro atoms. The number of nitrogens with zero attached hydrogens (tertiary/aromatic N) is 5. The van der Waals surface area contributed by atoms with Crippen molar-refractivity contribution in [2.75, 3.05) is 31.5 Å². The van der Waals surface area contributed by atoms with E-state index in [4.69, 9.17) is 0 Å². The zero-order valence-electron chi connectivity index (χ0n) is 20.5. The number of carbonyl (C=O) groups is 1. The molecule has 0 saturated carbocycles. The highest BCUT2D eigenvalue weighted by molar-refractivity contribution is 5.98. The molecule has 4 aromatic rings. The molecule has 10 nitrogen and oxygen atoms in total.